The Labute approximate surface area is 205 Å². The first kappa shape index (κ1) is 26.7. The summed E-state index contributed by atoms with van der Waals surface area (Å²) in [5, 5.41) is 9.14. The van der Waals surface area contributed by atoms with Crippen molar-refractivity contribution in [1.82, 2.24) is 15.6 Å². The lowest BCUT2D eigenvalue weighted by atomic mass is 9.86. The number of nitrogens with one attached hydrogen (secondary N) is 3. The SMILES string of the molecule is COC(=O)[C@H]1CC[C@H](Nc2ncc(F)cc2C(=O)NC2CCC(NC(=O)OC(C)(C)C)CC2)CC1. The molecule has 0 radical (unpaired) electrons. The predicted octanol–water partition coefficient (Wildman–Crippen LogP) is 3.93. The Morgan fingerprint density at radius 2 is 1.51 bits per heavy atom. The summed E-state index contributed by atoms with van der Waals surface area (Å²) >= 11 is 0. The van der Waals surface area contributed by atoms with Crippen molar-refractivity contribution in [1.29, 1.82) is 0 Å². The van der Waals surface area contributed by atoms with Gasteiger partial charge < -0.3 is 25.4 Å². The number of rotatable bonds is 6. The number of carbonyl (C=O) groups excluding carboxylic acids is 3. The molecule has 1 aromatic rings. The fraction of sp³-hybridized carbons (Fsp3) is 0.680. The molecular weight excluding hydrogens is 455 g/mol. The third-order valence-corrected chi connectivity index (χ3v) is 6.48. The Bertz CT molecular complexity index is 904. The molecule has 2 fully saturated rings. The van der Waals surface area contributed by atoms with E-state index >= 15 is 0 Å². The zero-order valence-electron chi connectivity index (χ0n) is 21.0. The number of nitrogens with zero attached hydrogens (tertiary/aromatic N) is 1. The van der Waals surface area contributed by atoms with Crippen LogP contribution in [0.5, 0.6) is 0 Å². The maximum Gasteiger partial charge on any atom is 0.407 e. The molecule has 0 aliphatic heterocycles. The Morgan fingerprint density at radius 3 is 2.09 bits per heavy atom. The van der Waals surface area contributed by atoms with Crippen molar-refractivity contribution in [2.45, 2.75) is 95.9 Å². The van der Waals surface area contributed by atoms with E-state index in [1.165, 1.54) is 13.2 Å². The first-order valence-corrected chi connectivity index (χ1v) is 12.3. The molecule has 0 atom stereocenters. The lowest BCUT2D eigenvalue weighted by molar-refractivity contribution is -0.146. The second kappa shape index (κ2) is 11.7. The molecule has 9 nitrogen and oxygen atoms in total. The van der Waals surface area contributed by atoms with Crippen LogP contribution in [0.2, 0.25) is 0 Å². The molecule has 0 spiro atoms. The van der Waals surface area contributed by atoms with Gasteiger partial charge in [0.05, 0.1) is 24.8 Å². The Hall–Kier alpha value is -2.91. The van der Waals surface area contributed by atoms with Crippen LogP contribution in [-0.4, -0.2) is 53.8 Å². The molecule has 2 aliphatic carbocycles. The predicted molar refractivity (Wildman–Crippen MR) is 128 cm³/mol. The Balaban J connectivity index is 1.52. The second-order valence-corrected chi connectivity index (χ2v) is 10.4. The summed E-state index contributed by atoms with van der Waals surface area (Å²) in [6, 6.07) is 1.15. The van der Waals surface area contributed by atoms with Gasteiger partial charge in [-0.3, -0.25) is 9.59 Å². The van der Waals surface area contributed by atoms with Crippen LogP contribution in [0.15, 0.2) is 12.3 Å². The maximum atomic E-state index is 14.0. The standard InChI is InChI=1S/C25H37FN4O5/c1-25(2,3)35-24(33)30-19-11-9-18(10-12-19)29-22(31)20-13-16(26)14-27-21(20)28-17-7-5-15(6-8-17)23(32)34-4/h13-15,17-19H,5-12H2,1-4H3,(H,27,28)(H,29,31)(H,30,33)/t15-,17-,18?,19?. The van der Waals surface area contributed by atoms with E-state index in [9.17, 15) is 18.8 Å². The van der Waals surface area contributed by atoms with E-state index in [2.05, 4.69) is 20.9 Å². The van der Waals surface area contributed by atoms with Gasteiger partial charge in [-0.2, -0.15) is 0 Å². The number of ether oxygens (including phenoxy) is 2. The van der Waals surface area contributed by atoms with Gasteiger partial charge >= 0.3 is 12.1 Å². The number of carbonyl (C=O) groups is 3. The second-order valence-electron chi connectivity index (χ2n) is 10.4. The fourth-order valence-corrected chi connectivity index (χ4v) is 4.68. The molecule has 3 N–H and O–H groups in total. The van der Waals surface area contributed by atoms with Crippen molar-refractivity contribution in [3.63, 3.8) is 0 Å². The van der Waals surface area contributed by atoms with E-state index in [1.54, 1.807) is 0 Å². The molecule has 0 unspecified atom stereocenters. The number of halogens is 1. The van der Waals surface area contributed by atoms with Crippen molar-refractivity contribution < 1.29 is 28.2 Å². The van der Waals surface area contributed by atoms with E-state index in [1.807, 2.05) is 20.8 Å². The monoisotopic (exact) mass is 492 g/mol. The fourth-order valence-electron chi connectivity index (χ4n) is 4.68. The van der Waals surface area contributed by atoms with Crippen LogP contribution >= 0.6 is 0 Å². The molecule has 10 heteroatoms. The highest BCUT2D eigenvalue weighted by atomic mass is 19.1. The highest BCUT2D eigenvalue weighted by Gasteiger charge is 2.29. The van der Waals surface area contributed by atoms with Crippen LogP contribution in [0.25, 0.3) is 0 Å². The van der Waals surface area contributed by atoms with Crippen molar-refractivity contribution in [3.8, 4) is 0 Å². The summed E-state index contributed by atoms with van der Waals surface area (Å²) in [4.78, 5) is 40.9. The average molecular weight is 493 g/mol. The van der Waals surface area contributed by atoms with E-state index in [-0.39, 0.29) is 41.5 Å². The smallest absolute Gasteiger partial charge is 0.407 e. The number of pyridine rings is 1. The van der Waals surface area contributed by atoms with Gasteiger partial charge in [-0.15, -0.1) is 0 Å². The molecule has 0 aromatic carbocycles. The molecular formula is C25H37FN4O5. The molecule has 0 bridgehead atoms. The van der Waals surface area contributed by atoms with E-state index < -0.39 is 17.5 Å². The summed E-state index contributed by atoms with van der Waals surface area (Å²) in [6.07, 6.45) is 6.29. The highest BCUT2D eigenvalue weighted by Crippen LogP contribution is 2.28. The number of hydrogen-bond donors (Lipinski definition) is 3. The summed E-state index contributed by atoms with van der Waals surface area (Å²) in [7, 11) is 1.39. The molecule has 3 rings (SSSR count). The summed E-state index contributed by atoms with van der Waals surface area (Å²) < 4.78 is 24.1. The van der Waals surface area contributed by atoms with Crippen molar-refractivity contribution in [2.24, 2.45) is 5.92 Å². The first-order chi connectivity index (χ1) is 16.5. The zero-order valence-corrected chi connectivity index (χ0v) is 21.0. The minimum Gasteiger partial charge on any atom is -0.469 e. The van der Waals surface area contributed by atoms with Gasteiger partial charge in [-0.1, -0.05) is 0 Å². The van der Waals surface area contributed by atoms with Gasteiger partial charge in [0.25, 0.3) is 5.91 Å². The third kappa shape index (κ3) is 8.07. The van der Waals surface area contributed by atoms with E-state index in [0.29, 0.717) is 44.3 Å². The highest BCUT2D eigenvalue weighted by molar-refractivity contribution is 5.99. The average Bonchev–Trinajstić information content (AvgIpc) is 2.80. The van der Waals surface area contributed by atoms with E-state index in [0.717, 1.165) is 19.0 Å². The minimum atomic E-state index is -0.583. The number of aromatic nitrogens is 1. The van der Waals surface area contributed by atoms with Gasteiger partial charge in [-0.25, -0.2) is 14.2 Å². The number of hydrogen-bond acceptors (Lipinski definition) is 7. The molecule has 35 heavy (non-hydrogen) atoms. The van der Waals surface area contributed by atoms with Crippen LogP contribution in [0.1, 0.15) is 82.5 Å². The maximum absolute atomic E-state index is 14.0. The Kier molecular flexibility index (Phi) is 8.91. The molecule has 1 heterocycles. The van der Waals surface area contributed by atoms with Gasteiger partial charge in [0.2, 0.25) is 0 Å². The number of esters is 1. The molecule has 194 valence electrons. The van der Waals surface area contributed by atoms with Crippen LogP contribution in [0.3, 0.4) is 0 Å². The lowest BCUT2D eigenvalue weighted by Crippen LogP contribution is -2.45. The number of anilines is 1. The zero-order chi connectivity index (χ0) is 25.6. The minimum absolute atomic E-state index is 0.00816. The summed E-state index contributed by atoms with van der Waals surface area (Å²) in [5.41, 5.74) is -0.394. The lowest BCUT2D eigenvalue weighted by Gasteiger charge is -2.31. The van der Waals surface area contributed by atoms with Crippen LogP contribution in [0.4, 0.5) is 15.0 Å². The quantitative estimate of drug-likeness (QED) is 0.515. The summed E-state index contributed by atoms with van der Waals surface area (Å²) in [6.45, 7) is 5.45. The van der Waals surface area contributed by atoms with E-state index in [4.69, 9.17) is 9.47 Å². The first-order valence-electron chi connectivity index (χ1n) is 12.3. The largest absolute Gasteiger partial charge is 0.469 e. The number of amides is 2. The van der Waals surface area contributed by atoms with Crippen molar-refractivity contribution in [3.05, 3.63) is 23.6 Å². The Morgan fingerprint density at radius 1 is 0.943 bits per heavy atom. The van der Waals surface area contributed by atoms with Crippen LogP contribution < -0.4 is 16.0 Å². The van der Waals surface area contributed by atoms with Gasteiger partial charge in [-0.05, 0) is 78.2 Å². The molecule has 0 saturated heterocycles. The van der Waals surface area contributed by atoms with Gasteiger partial charge in [0, 0.05) is 18.1 Å². The number of methoxy groups -OCH3 is 1. The van der Waals surface area contributed by atoms with Crippen molar-refractivity contribution in [2.75, 3.05) is 12.4 Å². The molecule has 2 saturated carbocycles. The van der Waals surface area contributed by atoms with Crippen molar-refractivity contribution >= 4 is 23.8 Å². The van der Waals surface area contributed by atoms with Gasteiger partial charge in [0.1, 0.15) is 17.2 Å². The molecule has 1 aromatic heterocycles. The van der Waals surface area contributed by atoms with Gasteiger partial charge in [0.15, 0.2) is 0 Å². The normalized spacial score (nSPS) is 24.7. The molecule has 2 amide bonds. The number of alkyl carbamates (subject to hydrolysis) is 1. The third-order valence-electron chi connectivity index (χ3n) is 6.48. The van der Waals surface area contributed by atoms with Crippen LogP contribution in [-0.2, 0) is 14.3 Å². The van der Waals surface area contributed by atoms with Crippen LogP contribution in [0, 0.1) is 11.7 Å². The molecule has 2 aliphatic rings. The summed E-state index contributed by atoms with van der Waals surface area (Å²) in [5.74, 6) is -0.932. The topological polar surface area (TPSA) is 119 Å².